The van der Waals surface area contributed by atoms with E-state index >= 15 is 0 Å². The van der Waals surface area contributed by atoms with Crippen molar-refractivity contribution in [1.82, 2.24) is 5.32 Å². The zero-order valence-corrected chi connectivity index (χ0v) is 15.9. The highest BCUT2D eigenvalue weighted by Gasteiger charge is 2.08. The third-order valence-electron chi connectivity index (χ3n) is 3.27. The lowest BCUT2D eigenvalue weighted by molar-refractivity contribution is -0.121. The molecule has 0 fully saturated rings. The van der Waals surface area contributed by atoms with Gasteiger partial charge in [-0.25, -0.2) is 0 Å². The largest absolute Gasteiger partial charge is 0.483 e. The van der Waals surface area contributed by atoms with Crippen LogP contribution in [-0.2, 0) is 11.2 Å². The number of hydrogen-bond acceptors (Lipinski definition) is 4. The predicted molar refractivity (Wildman–Crippen MR) is 105 cm³/mol. The summed E-state index contributed by atoms with van der Waals surface area (Å²) in [6.45, 7) is 1.90. The molecule has 7 heteroatoms. The van der Waals surface area contributed by atoms with Crippen LogP contribution in [-0.4, -0.2) is 17.6 Å². The summed E-state index contributed by atoms with van der Waals surface area (Å²) >= 11 is 8.52. The zero-order valence-electron chi connectivity index (χ0n) is 13.5. The molecule has 0 radical (unpaired) electrons. The van der Waals surface area contributed by atoms with Gasteiger partial charge in [-0.05, 0) is 70.5 Å². The van der Waals surface area contributed by atoms with E-state index in [0.29, 0.717) is 17.0 Å². The van der Waals surface area contributed by atoms with Crippen LogP contribution in [0, 0.1) is 11.3 Å². The van der Waals surface area contributed by atoms with E-state index in [9.17, 15) is 4.79 Å². The number of ether oxygens (including phenoxy) is 1. The van der Waals surface area contributed by atoms with Gasteiger partial charge in [-0.3, -0.25) is 10.1 Å². The van der Waals surface area contributed by atoms with E-state index in [1.807, 2.05) is 24.3 Å². The quantitative estimate of drug-likeness (QED) is 0.724. The first-order valence-electron chi connectivity index (χ1n) is 7.54. The number of carbonyl (C=O) groups is 1. The SMILES string of the molecule is CCc1ccc(OCC(=O)NC(=S)Nc2cccc(C#N)c2)c(Br)c1. The number of rotatable bonds is 5. The number of benzene rings is 2. The Balaban J connectivity index is 1.85. The Morgan fingerprint density at radius 3 is 2.80 bits per heavy atom. The number of amides is 1. The molecule has 0 heterocycles. The van der Waals surface area contributed by atoms with Crippen LogP contribution >= 0.6 is 28.1 Å². The molecule has 2 rings (SSSR count). The van der Waals surface area contributed by atoms with Gasteiger partial charge < -0.3 is 10.1 Å². The molecule has 0 aromatic heterocycles. The van der Waals surface area contributed by atoms with Crippen LogP contribution in [0.5, 0.6) is 5.75 Å². The van der Waals surface area contributed by atoms with Gasteiger partial charge in [0.1, 0.15) is 5.75 Å². The summed E-state index contributed by atoms with van der Waals surface area (Å²) in [6, 6.07) is 14.6. The Morgan fingerprint density at radius 1 is 1.32 bits per heavy atom. The molecule has 2 N–H and O–H groups in total. The average Bonchev–Trinajstić information content (AvgIpc) is 2.60. The standard InChI is InChI=1S/C18H16BrN3O2S/c1-2-12-6-7-16(15(19)9-12)24-11-17(23)22-18(25)21-14-5-3-4-13(8-14)10-20/h3-9H,2,11H2,1H3,(H2,21,22,23,25). The molecule has 0 aliphatic rings. The fourth-order valence-electron chi connectivity index (χ4n) is 2.02. The van der Waals surface area contributed by atoms with Crippen molar-refractivity contribution in [3.8, 4) is 11.8 Å². The van der Waals surface area contributed by atoms with Crippen LogP contribution in [0.15, 0.2) is 46.9 Å². The predicted octanol–water partition coefficient (Wildman–Crippen LogP) is 3.78. The third kappa shape index (κ3) is 5.85. The summed E-state index contributed by atoms with van der Waals surface area (Å²) in [7, 11) is 0. The summed E-state index contributed by atoms with van der Waals surface area (Å²) in [6.07, 6.45) is 0.923. The van der Waals surface area contributed by atoms with Crippen molar-refractivity contribution in [2.24, 2.45) is 0 Å². The monoisotopic (exact) mass is 417 g/mol. The first-order valence-corrected chi connectivity index (χ1v) is 8.74. The van der Waals surface area contributed by atoms with E-state index in [-0.39, 0.29) is 17.6 Å². The molecular weight excluding hydrogens is 402 g/mol. The molecular formula is C18H16BrN3O2S. The van der Waals surface area contributed by atoms with Crippen LogP contribution in [0.3, 0.4) is 0 Å². The number of halogens is 1. The molecule has 0 spiro atoms. The molecule has 0 unspecified atom stereocenters. The average molecular weight is 418 g/mol. The lowest BCUT2D eigenvalue weighted by atomic mass is 10.2. The van der Waals surface area contributed by atoms with Crippen molar-refractivity contribution < 1.29 is 9.53 Å². The van der Waals surface area contributed by atoms with Crippen molar-refractivity contribution in [2.75, 3.05) is 11.9 Å². The van der Waals surface area contributed by atoms with Crippen LogP contribution in [0.2, 0.25) is 0 Å². The lowest BCUT2D eigenvalue weighted by Gasteiger charge is -2.11. The van der Waals surface area contributed by atoms with Gasteiger partial charge in [0, 0.05) is 5.69 Å². The summed E-state index contributed by atoms with van der Waals surface area (Å²) in [5.41, 5.74) is 2.31. The number of anilines is 1. The van der Waals surface area contributed by atoms with Crippen LogP contribution < -0.4 is 15.4 Å². The van der Waals surface area contributed by atoms with Crippen molar-refractivity contribution in [1.29, 1.82) is 5.26 Å². The van der Waals surface area contributed by atoms with Crippen LogP contribution in [0.4, 0.5) is 5.69 Å². The molecule has 0 aliphatic carbocycles. The van der Waals surface area contributed by atoms with E-state index in [0.717, 1.165) is 10.9 Å². The molecule has 0 saturated carbocycles. The Labute approximate surface area is 160 Å². The normalized spacial score (nSPS) is 9.80. The minimum atomic E-state index is -0.375. The molecule has 128 valence electrons. The Morgan fingerprint density at radius 2 is 2.12 bits per heavy atom. The second-order valence-corrected chi connectivity index (χ2v) is 6.36. The second-order valence-electron chi connectivity index (χ2n) is 5.10. The fraction of sp³-hybridized carbons (Fsp3) is 0.167. The van der Waals surface area contributed by atoms with Crippen molar-refractivity contribution in [2.45, 2.75) is 13.3 Å². The topological polar surface area (TPSA) is 74.2 Å². The van der Waals surface area contributed by atoms with Gasteiger partial charge in [-0.15, -0.1) is 0 Å². The van der Waals surface area contributed by atoms with Gasteiger partial charge in [0.15, 0.2) is 11.7 Å². The Hall–Kier alpha value is -2.43. The van der Waals surface area contributed by atoms with Crippen LogP contribution in [0.25, 0.3) is 0 Å². The maximum absolute atomic E-state index is 11.9. The maximum Gasteiger partial charge on any atom is 0.264 e. The minimum Gasteiger partial charge on any atom is -0.483 e. The molecule has 2 aromatic carbocycles. The maximum atomic E-state index is 11.9. The third-order valence-corrected chi connectivity index (χ3v) is 4.09. The summed E-state index contributed by atoms with van der Waals surface area (Å²) in [4.78, 5) is 11.9. The van der Waals surface area contributed by atoms with Gasteiger partial charge in [0.25, 0.3) is 5.91 Å². The number of thiocarbonyl (C=S) groups is 1. The molecule has 2 aromatic rings. The van der Waals surface area contributed by atoms with E-state index in [4.69, 9.17) is 22.2 Å². The fourth-order valence-corrected chi connectivity index (χ4v) is 2.79. The molecule has 0 saturated heterocycles. The zero-order chi connectivity index (χ0) is 18.2. The number of hydrogen-bond donors (Lipinski definition) is 2. The minimum absolute atomic E-state index is 0.143. The summed E-state index contributed by atoms with van der Waals surface area (Å²) < 4.78 is 6.30. The number of nitriles is 1. The Kier molecular flexibility index (Phi) is 6.92. The van der Waals surface area contributed by atoms with E-state index in [1.54, 1.807) is 24.3 Å². The molecule has 5 nitrogen and oxygen atoms in total. The smallest absolute Gasteiger partial charge is 0.264 e. The highest BCUT2D eigenvalue weighted by Crippen LogP contribution is 2.26. The first kappa shape index (κ1) is 18.9. The van der Waals surface area contributed by atoms with Crippen LogP contribution in [0.1, 0.15) is 18.1 Å². The first-order chi connectivity index (χ1) is 12.0. The van der Waals surface area contributed by atoms with Gasteiger partial charge in [-0.2, -0.15) is 5.26 Å². The van der Waals surface area contributed by atoms with Crippen molar-refractivity contribution >= 4 is 44.9 Å². The van der Waals surface area contributed by atoms with Crippen molar-refractivity contribution in [3.05, 3.63) is 58.1 Å². The highest BCUT2D eigenvalue weighted by molar-refractivity contribution is 9.10. The van der Waals surface area contributed by atoms with E-state index in [1.165, 1.54) is 5.56 Å². The van der Waals surface area contributed by atoms with Gasteiger partial charge in [-0.1, -0.05) is 19.1 Å². The molecule has 0 atom stereocenters. The van der Waals surface area contributed by atoms with Gasteiger partial charge in [0.2, 0.25) is 0 Å². The lowest BCUT2D eigenvalue weighted by Crippen LogP contribution is -2.37. The van der Waals surface area contributed by atoms with E-state index < -0.39 is 0 Å². The summed E-state index contributed by atoms with van der Waals surface area (Å²) in [5.74, 6) is 0.216. The second kappa shape index (κ2) is 9.16. The molecule has 1 amide bonds. The summed E-state index contributed by atoms with van der Waals surface area (Å²) in [5, 5.41) is 14.4. The van der Waals surface area contributed by atoms with Crippen molar-refractivity contribution in [3.63, 3.8) is 0 Å². The van der Waals surface area contributed by atoms with E-state index in [2.05, 4.69) is 33.5 Å². The molecule has 25 heavy (non-hydrogen) atoms. The highest BCUT2D eigenvalue weighted by atomic mass is 79.9. The Bertz CT molecular complexity index is 833. The number of nitrogens with zero attached hydrogens (tertiary/aromatic N) is 1. The number of aryl methyl sites for hydroxylation is 1. The molecule has 0 bridgehead atoms. The van der Waals surface area contributed by atoms with Gasteiger partial charge >= 0.3 is 0 Å². The number of carbonyl (C=O) groups excluding carboxylic acids is 1. The number of nitrogens with one attached hydrogen (secondary N) is 2. The molecule has 0 aliphatic heterocycles. The van der Waals surface area contributed by atoms with Gasteiger partial charge in [0.05, 0.1) is 16.1 Å².